The minimum atomic E-state index is 0.0944. The molecule has 2 N–H and O–H groups in total. The van der Waals surface area contributed by atoms with Crippen LogP contribution in [0.15, 0.2) is 48.5 Å². The van der Waals surface area contributed by atoms with Crippen molar-refractivity contribution in [3.05, 3.63) is 65.2 Å². The molecule has 0 saturated heterocycles. The van der Waals surface area contributed by atoms with Crippen molar-refractivity contribution in [3.8, 4) is 0 Å². The molecule has 0 aliphatic carbocycles. The first kappa shape index (κ1) is 15.8. The minimum Gasteiger partial charge on any atom is -0.326 e. The molecule has 1 amide bonds. The third-order valence-electron chi connectivity index (χ3n) is 4.41. The molecule has 1 aliphatic heterocycles. The maximum Gasteiger partial charge on any atom is 0.224 e. The zero-order valence-electron chi connectivity index (χ0n) is 13.6. The molecule has 1 aliphatic rings. The molecule has 3 nitrogen and oxygen atoms in total. The highest BCUT2D eigenvalue weighted by molar-refractivity contribution is 5.91. The van der Waals surface area contributed by atoms with Gasteiger partial charge in [0.25, 0.3) is 0 Å². The Bertz CT molecular complexity index is 681. The Balaban J connectivity index is 1.80. The summed E-state index contributed by atoms with van der Waals surface area (Å²) in [6.07, 6.45) is 3.41. The number of carbonyl (C=O) groups excluding carboxylic acids is 1. The Labute approximate surface area is 138 Å². The van der Waals surface area contributed by atoms with Crippen LogP contribution >= 0.6 is 0 Å². The maximum absolute atomic E-state index is 11.9. The smallest absolute Gasteiger partial charge is 0.224 e. The van der Waals surface area contributed by atoms with Gasteiger partial charge in [0.2, 0.25) is 5.91 Å². The summed E-state index contributed by atoms with van der Waals surface area (Å²) in [5.41, 5.74) is 4.94. The van der Waals surface area contributed by atoms with Gasteiger partial charge in [-0.25, -0.2) is 0 Å². The lowest BCUT2D eigenvalue weighted by atomic mass is 9.90. The van der Waals surface area contributed by atoms with E-state index < -0.39 is 0 Å². The van der Waals surface area contributed by atoms with E-state index in [9.17, 15) is 4.79 Å². The first-order valence-electron chi connectivity index (χ1n) is 8.47. The fourth-order valence-electron chi connectivity index (χ4n) is 3.25. The second-order valence-corrected chi connectivity index (χ2v) is 6.11. The molecule has 0 fully saturated rings. The fraction of sp³-hybridized carbons (Fsp3) is 0.350. The Kier molecular flexibility index (Phi) is 5.09. The van der Waals surface area contributed by atoms with Gasteiger partial charge in [-0.15, -0.1) is 0 Å². The number of hydrogen-bond donors (Lipinski definition) is 2. The zero-order chi connectivity index (χ0) is 16.1. The summed E-state index contributed by atoms with van der Waals surface area (Å²) in [6.45, 7) is 3.03. The molecule has 3 heteroatoms. The fourth-order valence-corrected chi connectivity index (χ4v) is 3.25. The van der Waals surface area contributed by atoms with Crippen LogP contribution in [0.1, 0.15) is 42.5 Å². The standard InChI is InChI=1S/C20H24N2O/c1-2-7-20(23)22-18-11-6-4-9-16(18)14-19-17-10-5-3-8-15(17)12-13-21-19/h3-6,8-11,19,21H,2,7,12-14H2,1H3,(H,22,23). The summed E-state index contributed by atoms with van der Waals surface area (Å²) < 4.78 is 0. The summed E-state index contributed by atoms with van der Waals surface area (Å²) in [6, 6.07) is 17.1. The maximum atomic E-state index is 11.9. The van der Waals surface area contributed by atoms with Crippen LogP contribution in [0.3, 0.4) is 0 Å². The number of fused-ring (bicyclic) bond motifs is 1. The number of anilines is 1. The van der Waals surface area contributed by atoms with Gasteiger partial charge < -0.3 is 10.6 Å². The predicted octanol–water partition coefficient (Wildman–Crippen LogP) is 3.85. The van der Waals surface area contributed by atoms with Crippen molar-refractivity contribution in [1.29, 1.82) is 0 Å². The van der Waals surface area contributed by atoms with E-state index in [-0.39, 0.29) is 5.91 Å². The minimum absolute atomic E-state index is 0.0944. The molecule has 1 atom stereocenters. The number of benzene rings is 2. The van der Waals surface area contributed by atoms with E-state index in [1.165, 1.54) is 16.7 Å². The van der Waals surface area contributed by atoms with E-state index in [4.69, 9.17) is 0 Å². The van der Waals surface area contributed by atoms with E-state index in [0.717, 1.165) is 31.5 Å². The van der Waals surface area contributed by atoms with Crippen LogP contribution < -0.4 is 10.6 Å². The van der Waals surface area contributed by atoms with Gasteiger partial charge in [0, 0.05) is 18.2 Å². The highest BCUT2D eigenvalue weighted by Gasteiger charge is 2.20. The number of amides is 1. The Hall–Kier alpha value is -2.13. The van der Waals surface area contributed by atoms with Crippen LogP contribution in [0.5, 0.6) is 0 Å². The van der Waals surface area contributed by atoms with Gasteiger partial charge in [-0.3, -0.25) is 4.79 Å². The molecule has 0 aromatic heterocycles. The SMILES string of the molecule is CCCC(=O)Nc1ccccc1CC1NCCc2ccccc21. The summed E-state index contributed by atoms with van der Waals surface area (Å²) in [5.74, 6) is 0.0944. The second kappa shape index (κ2) is 7.42. The lowest BCUT2D eigenvalue weighted by molar-refractivity contribution is -0.116. The van der Waals surface area contributed by atoms with Gasteiger partial charge in [0.15, 0.2) is 0 Å². The summed E-state index contributed by atoms with van der Waals surface area (Å²) in [4.78, 5) is 11.9. The molecular formula is C20H24N2O. The van der Waals surface area contributed by atoms with Crippen molar-refractivity contribution in [2.45, 2.75) is 38.6 Å². The molecule has 0 saturated carbocycles. The van der Waals surface area contributed by atoms with E-state index in [1.807, 2.05) is 25.1 Å². The number of nitrogens with one attached hydrogen (secondary N) is 2. The molecule has 0 radical (unpaired) electrons. The number of rotatable bonds is 5. The third kappa shape index (κ3) is 3.80. The predicted molar refractivity (Wildman–Crippen MR) is 94.6 cm³/mol. The number of carbonyl (C=O) groups is 1. The van der Waals surface area contributed by atoms with E-state index in [0.29, 0.717) is 12.5 Å². The Morgan fingerprint density at radius 1 is 1.17 bits per heavy atom. The summed E-state index contributed by atoms with van der Waals surface area (Å²) >= 11 is 0. The molecule has 1 unspecified atom stereocenters. The van der Waals surface area contributed by atoms with Crippen LogP contribution in [0.4, 0.5) is 5.69 Å². The van der Waals surface area contributed by atoms with Crippen LogP contribution in [0, 0.1) is 0 Å². The van der Waals surface area contributed by atoms with Gasteiger partial charge in [0.05, 0.1) is 0 Å². The molecule has 1 heterocycles. The number of hydrogen-bond acceptors (Lipinski definition) is 2. The first-order chi connectivity index (χ1) is 11.3. The van der Waals surface area contributed by atoms with Crippen LogP contribution in [0.25, 0.3) is 0 Å². The van der Waals surface area contributed by atoms with E-state index in [1.54, 1.807) is 0 Å². The lowest BCUT2D eigenvalue weighted by Crippen LogP contribution is -2.31. The largest absolute Gasteiger partial charge is 0.326 e. The highest BCUT2D eigenvalue weighted by atomic mass is 16.1. The van der Waals surface area contributed by atoms with Crippen molar-refractivity contribution in [3.63, 3.8) is 0 Å². The molecule has 23 heavy (non-hydrogen) atoms. The monoisotopic (exact) mass is 308 g/mol. The van der Waals surface area contributed by atoms with E-state index in [2.05, 4.69) is 41.0 Å². The Morgan fingerprint density at radius 3 is 2.83 bits per heavy atom. The van der Waals surface area contributed by atoms with Crippen molar-refractivity contribution in [1.82, 2.24) is 5.32 Å². The van der Waals surface area contributed by atoms with Crippen LogP contribution in [0.2, 0.25) is 0 Å². The summed E-state index contributed by atoms with van der Waals surface area (Å²) in [5, 5.41) is 6.68. The first-order valence-corrected chi connectivity index (χ1v) is 8.47. The second-order valence-electron chi connectivity index (χ2n) is 6.11. The van der Waals surface area contributed by atoms with Gasteiger partial charge in [-0.05, 0) is 48.6 Å². The van der Waals surface area contributed by atoms with Gasteiger partial charge in [0.1, 0.15) is 0 Å². The topological polar surface area (TPSA) is 41.1 Å². The zero-order valence-corrected chi connectivity index (χ0v) is 13.6. The average molecular weight is 308 g/mol. The van der Waals surface area contributed by atoms with E-state index >= 15 is 0 Å². The molecule has 2 aromatic rings. The lowest BCUT2D eigenvalue weighted by Gasteiger charge is -2.27. The summed E-state index contributed by atoms with van der Waals surface area (Å²) in [7, 11) is 0. The van der Waals surface area contributed by atoms with Crippen molar-refractivity contribution in [2.24, 2.45) is 0 Å². The molecule has 120 valence electrons. The quantitative estimate of drug-likeness (QED) is 0.881. The van der Waals surface area contributed by atoms with Gasteiger partial charge in [-0.2, -0.15) is 0 Å². The normalized spacial score (nSPS) is 16.7. The van der Waals surface area contributed by atoms with Crippen LogP contribution in [-0.4, -0.2) is 12.5 Å². The van der Waals surface area contributed by atoms with Crippen molar-refractivity contribution >= 4 is 11.6 Å². The molecule has 0 bridgehead atoms. The highest BCUT2D eigenvalue weighted by Crippen LogP contribution is 2.28. The van der Waals surface area contributed by atoms with Gasteiger partial charge >= 0.3 is 0 Å². The molecular weight excluding hydrogens is 284 g/mol. The van der Waals surface area contributed by atoms with Crippen LogP contribution in [-0.2, 0) is 17.6 Å². The molecule has 2 aromatic carbocycles. The molecule has 0 spiro atoms. The number of para-hydroxylation sites is 1. The van der Waals surface area contributed by atoms with Crippen molar-refractivity contribution < 1.29 is 4.79 Å². The van der Waals surface area contributed by atoms with Crippen molar-refractivity contribution in [2.75, 3.05) is 11.9 Å². The average Bonchev–Trinajstić information content (AvgIpc) is 2.57. The Morgan fingerprint density at radius 2 is 1.96 bits per heavy atom. The van der Waals surface area contributed by atoms with Gasteiger partial charge in [-0.1, -0.05) is 49.4 Å². The third-order valence-corrected chi connectivity index (χ3v) is 4.41. The molecule has 3 rings (SSSR count).